The van der Waals surface area contributed by atoms with E-state index in [0.29, 0.717) is 11.6 Å². The first-order chi connectivity index (χ1) is 9.20. The number of nitrogens with zero attached hydrogens (tertiary/aromatic N) is 2. The Hall–Kier alpha value is -1.49. The van der Waals surface area contributed by atoms with Crippen LogP contribution in [-0.4, -0.2) is 41.5 Å². The van der Waals surface area contributed by atoms with E-state index < -0.39 is 5.82 Å². The van der Waals surface area contributed by atoms with Gasteiger partial charge in [0.05, 0.1) is 11.8 Å². The minimum atomic E-state index is -0.467. The minimum Gasteiger partial charge on any atom is -0.338 e. The van der Waals surface area contributed by atoms with Crippen molar-refractivity contribution in [1.82, 2.24) is 15.2 Å². The van der Waals surface area contributed by atoms with Gasteiger partial charge >= 0.3 is 0 Å². The summed E-state index contributed by atoms with van der Waals surface area (Å²) in [6.45, 7) is 4.60. The number of nitrogens with one attached hydrogen (secondary N) is 1. The van der Waals surface area contributed by atoms with Crippen LogP contribution in [-0.2, 0) is 0 Å². The molecule has 0 atom stereocenters. The number of halogens is 1. The van der Waals surface area contributed by atoms with E-state index in [1.54, 1.807) is 4.90 Å². The molecule has 1 aromatic rings. The minimum absolute atomic E-state index is 0.124. The first-order valence-corrected chi connectivity index (χ1v) is 6.84. The highest BCUT2D eigenvalue weighted by molar-refractivity contribution is 5.93. The highest BCUT2D eigenvalue weighted by Gasteiger charge is 2.23. The Kier molecular flexibility index (Phi) is 4.85. The summed E-state index contributed by atoms with van der Waals surface area (Å²) in [7, 11) is 0. The average molecular weight is 265 g/mol. The molecule has 1 aliphatic rings. The van der Waals surface area contributed by atoms with Crippen LogP contribution in [0.15, 0.2) is 18.5 Å². The van der Waals surface area contributed by atoms with Gasteiger partial charge in [-0.05, 0) is 31.9 Å². The normalized spacial score (nSPS) is 16.6. The lowest BCUT2D eigenvalue weighted by atomic mass is 10.0. The molecule has 104 valence electrons. The second-order valence-corrected chi connectivity index (χ2v) is 4.91. The largest absolute Gasteiger partial charge is 0.338 e. The number of carbonyl (C=O) groups is 1. The van der Waals surface area contributed by atoms with Crippen LogP contribution in [0.3, 0.4) is 0 Å². The van der Waals surface area contributed by atoms with E-state index in [-0.39, 0.29) is 5.91 Å². The van der Waals surface area contributed by atoms with Gasteiger partial charge in [0.15, 0.2) is 0 Å². The standard InChI is InChI=1S/C14H20FN3O/c1-2-5-17-13-3-6-18(7-4-13)14(19)11-8-12(15)10-16-9-11/h8-10,13,17H,2-7H2,1H3. The van der Waals surface area contributed by atoms with Gasteiger partial charge in [0, 0.05) is 25.3 Å². The van der Waals surface area contributed by atoms with Crippen molar-refractivity contribution in [3.05, 3.63) is 29.8 Å². The Morgan fingerprint density at radius 1 is 1.47 bits per heavy atom. The molecule has 2 rings (SSSR count). The number of amides is 1. The molecule has 0 saturated carbocycles. The summed E-state index contributed by atoms with van der Waals surface area (Å²) in [4.78, 5) is 17.7. The summed E-state index contributed by atoms with van der Waals surface area (Å²) in [5.41, 5.74) is 0.333. The number of carbonyl (C=O) groups excluding carboxylic acids is 1. The fraction of sp³-hybridized carbons (Fsp3) is 0.571. The van der Waals surface area contributed by atoms with Gasteiger partial charge in [-0.25, -0.2) is 4.39 Å². The van der Waals surface area contributed by atoms with Crippen LogP contribution >= 0.6 is 0 Å². The topological polar surface area (TPSA) is 45.2 Å². The summed E-state index contributed by atoms with van der Waals surface area (Å²) in [6.07, 6.45) is 5.56. The van der Waals surface area contributed by atoms with E-state index >= 15 is 0 Å². The maximum atomic E-state index is 13.1. The van der Waals surface area contributed by atoms with Crippen LogP contribution in [0.5, 0.6) is 0 Å². The third-order valence-electron chi connectivity index (χ3n) is 3.42. The highest BCUT2D eigenvalue weighted by atomic mass is 19.1. The summed E-state index contributed by atoms with van der Waals surface area (Å²) < 4.78 is 13.1. The van der Waals surface area contributed by atoms with Crippen molar-refractivity contribution in [3.8, 4) is 0 Å². The smallest absolute Gasteiger partial charge is 0.255 e. The molecule has 1 amide bonds. The van der Waals surface area contributed by atoms with Crippen LogP contribution in [0.1, 0.15) is 36.5 Å². The Balaban J connectivity index is 1.89. The van der Waals surface area contributed by atoms with Crippen LogP contribution in [0.2, 0.25) is 0 Å². The quantitative estimate of drug-likeness (QED) is 0.903. The first kappa shape index (κ1) is 13.9. The number of hydrogen-bond acceptors (Lipinski definition) is 3. The maximum absolute atomic E-state index is 13.1. The van der Waals surface area contributed by atoms with Crippen LogP contribution in [0, 0.1) is 5.82 Å². The second kappa shape index (κ2) is 6.61. The zero-order chi connectivity index (χ0) is 13.7. The van der Waals surface area contributed by atoms with Gasteiger partial charge in [-0.2, -0.15) is 0 Å². The Bertz CT molecular complexity index is 430. The van der Waals surface area contributed by atoms with E-state index in [9.17, 15) is 9.18 Å². The van der Waals surface area contributed by atoms with Gasteiger partial charge in [-0.3, -0.25) is 9.78 Å². The van der Waals surface area contributed by atoms with Crippen LogP contribution < -0.4 is 5.32 Å². The molecule has 0 spiro atoms. The molecule has 1 N–H and O–H groups in total. The predicted octanol–water partition coefficient (Wildman–Crippen LogP) is 1.82. The van der Waals surface area contributed by atoms with Crippen molar-refractivity contribution in [2.75, 3.05) is 19.6 Å². The average Bonchev–Trinajstić information content (AvgIpc) is 2.45. The van der Waals surface area contributed by atoms with Crippen molar-refractivity contribution in [3.63, 3.8) is 0 Å². The SMILES string of the molecule is CCCNC1CCN(C(=O)c2cncc(F)c2)CC1. The fourth-order valence-corrected chi connectivity index (χ4v) is 2.35. The van der Waals surface area contributed by atoms with Crippen molar-refractivity contribution in [2.24, 2.45) is 0 Å². The van der Waals surface area contributed by atoms with Gasteiger partial charge < -0.3 is 10.2 Å². The number of rotatable bonds is 4. The molecule has 19 heavy (non-hydrogen) atoms. The lowest BCUT2D eigenvalue weighted by Gasteiger charge is -2.32. The van der Waals surface area contributed by atoms with Gasteiger partial charge in [-0.1, -0.05) is 6.92 Å². The number of hydrogen-bond donors (Lipinski definition) is 1. The molecule has 0 radical (unpaired) electrons. The Morgan fingerprint density at radius 2 is 2.21 bits per heavy atom. The number of piperidine rings is 1. The molecule has 0 aliphatic carbocycles. The monoisotopic (exact) mass is 265 g/mol. The molecule has 0 aromatic carbocycles. The molecule has 0 unspecified atom stereocenters. The molecule has 2 heterocycles. The van der Waals surface area contributed by atoms with Crippen LogP contribution in [0.4, 0.5) is 4.39 Å². The van der Waals surface area contributed by atoms with E-state index in [0.717, 1.165) is 45.1 Å². The maximum Gasteiger partial charge on any atom is 0.255 e. The molecule has 1 saturated heterocycles. The molecule has 5 heteroatoms. The predicted molar refractivity (Wildman–Crippen MR) is 71.4 cm³/mol. The summed E-state index contributed by atoms with van der Waals surface area (Å²) in [5.74, 6) is -0.591. The second-order valence-electron chi connectivity index (χ2n) is 4.91. The highest BCUT2D eigenvalue weighted by Crippen LogP contribution is 2.14. The van der Waals surface area contributed by atoms with Crippen LogP contribution in [0.25, 0.3) is 0 Å². The molecular formula is C14H20FN3O. The molecule has 1 aliphatic heterocycles. The molecular weight excluding hydrogens is 245 g/mol. The Labute approximate surface area is 113 Å². The number of pyridine rings is 1. The Morgan fingerprint density at radius 3 is 2.84 bits per heavy atom. The molecule has 1 fully saturated rings. The first-order valence-electron chi connectivity index (χ1n) is 6.84. The lowest BCUT2D eigenvalue weighted by Crippen LogP contribution is -2.45. The third kappa shape index (κ3) is 3.73. The fourth-order valence-electron chi connectivity index (χ4n) is 2.35. The van der Waals surface area contributed by atoms with Crippen molar-refractivity contribution < 1.29 is 9.18 Å². The zero-order valence-corrected chi connectivity index (χ0v) is 11.2. The summed E-state index contributed by atoms with van der Waals surface area (Å²) in [6, 6.07) is 1.74. The van der Waals surface area contributed by atoms with Crippen molar-refractivity contribution in [2.45, 2.75) is 32.2 Å². The third-order valence-corrected chi connectivity index (χ3v) is 3.42. The lowest BCUT2D eigenvalue weighted by molar-refractivity contribution is 0.0704. The van der Waals surface area contributed by atoms with Gasteiger partial charge in [-0.15, -0.1) is 0 Å². The van der Waals surface area contributed by atoms with Gasteiger partial charge in [0.2, 0.25) is 0 Å². The number of aromatic nitrogens is 1. The van der Waals surface area contributed by atoms with Gasteiger partial charge in [0.1, 0.15) is 5.82 Å². The zero-order valence-electron chi connectivity index (χ0n) is 11.2. The van der Waals surface area contributed by atoms with E-state index in [1.807, 2.05) is 0 Å². The number of likely N-dealkylation sites (tertiary alicyclic amines) is 1. The van der Waals surface area contributed by atoms with E-state index in [4.69, 9.17) is 0 Å². The molecule has 4 nitrogen and oxygen atoms in total. The molecule has 0 bridgehead atoms. The van der Waals surface area contributed by atoms with Crippen molar-refractivity contribution in [1.29, 1.82) is 0 Å². The molecule has 1 aromatic heterocycles. The summed E-state index contributed by atoms with van der Waals surface area (Å²) in [5, 5.41) is 3.47. The van der Waals surface area contributed by atoms with E-state index in [1.165, 1.54) is 12.3 Å². The van der Waals surface area contributed by atoms with Gasteiger partial charge in [0.25, 0.3) is 5.91 Å². The van der Waals surface area contributed by atoms with E-state index in [2.05, 4.69) is 17.2 Å². The van der Waals surface area contributed by atoms with Crippen molar-refractivity contribution >= 4 is 5.91 Å². The summed E-state index contributed by atoms with van der Waals surface area (Å²) >= 11 is 0.